The van der Waals surface area contributed by atoms with E-state index in [0.29, 0.717) is 5.56 Å². The second-order valence-corrected chi connectivity index (χ2v) is 7.38. The van der Waals surface area contributed by atoms with Crippen LogP contribution < -0.4 is 5.32 Å². The van der Waals surface area contributed by atoms with Gasteiger partial charge in [0.05, 0.1) is 0 Å². The molecular formula is C24H25FN2O2S. The first-order valence-electron chi connectivity index (χ1n) is 9.41. The van der Waals surface area contributed by atoms with Gasteiger partial charge in [-0.15, -0.1) is 11.8 Å². The van der Waals surface area contributed by atoms with E-state index in [-0.39, 0.29) is 12.3 Å². The fraction of sp³-hybridized carbons (Fsp3) is 0.167. The number of phenols is 1. The van der Waals surface area contributed by atoms with Gasteiger partial charge in [0, 0.05) is 29.4 Å². The van der Waals surface area contributed by atoms with Gasteiger partial charge < -0.3 is 10.4 Å². The summed E-state index contributed by atoms with van der Waals surface area (Å²) in [7, 11) is 0. The van der Waals surface area contributed by atoms with E-state index < -0.39 is 11.6 Å². The van der Waals surface area contributed by atoms with Crippen LogP contribution in [0.15, 0.2) is 82.4 Å². The summed E-state index contributed by atoms with van der Waals surface area (Å²) in [5.41, 5.74) is 2.75. The van der Waals surface area contributed by atoms with Crippen LogP contribution >= 0.6 is 11.8 Å². The number of phenolic OH excluding ortho intramolecular Hbond substituents is 1. The molecule has 0 saturated heterocycles. The molecule has 4 nitrogen and oxygen atoms in total. The lowest BCUT2D eigenvalue weighted by Crippen LogP contribution is -2.09. The van der Waals surface area contributed by atoms with Crippen molar-refractivity contribution < 1.29 is 14.3 Å². The van der Waals surface area contributed by atoms with Crippen molar-refractivity contribution >= 4 is 35.6 Å². The number of halogens is 1. The Kier molecular flexibility index (Phi) is 9.61. The Bertz CT molecular complexity index is 981. The average molecular weight is 425 g/mol. The van der Waals surface area contributed by atoms with Crippen LogP contribution in [0.1, 0.15) is 25.3 Å². The molecule has 156 valence electrons. The highest BCUT2D eigenvalue weighted by Crippen LogP contribution is 2.20. The van der Waals surface area contributed by atoms with Crippen molar-refractivity contribution in [3.05, 3.63) is 83.8 Å². The molecule has 0 fully saturated rings. The zero-order chi connectivity index (χ0) is 21.8. The topological polar surface area (TPSA) is 61.7 Å². The lowest BCUT2D eigenvalue weighted by molar-refractivity contribution is -0.115. The summed E-state index contributed by atoms with van der Waals surface area (Å²) in [6.45, 7) is 2.10. The average Bonchev–Trinajstić information content (AvgIpc) is 2.98. The zero-order valence-corrected chi connectivity index (χ0v) is 17.8. The second kappa shape index (κ2) is 12.4. The van der Waals surface area contributed by atoms with E-state index in [2.05, 4.69) is 23.3 Å². The maximum Gasteiger partial charge on any atom is 0.228 e. The summed E-state index contributed by atoms with van der Waals surface area (Å²) in [5, 5.41) is 12.1. The Balaban J connectivity index is 0.000000335. The van der Waals surface area contributed by atoms with E-state index in [9.17, 15) is 14.3 Å². The molecule has 1 heterocycles. The molecule has 1 aliphatic heterocycles. The number of nitrogens with one attached hydrogen (secondary N) is 1. The molecule has 30 heavy (non-hydrogen) atoms. The summed E-state index contributed by atoms with van der Waals surface area (Å²) >= 11 is 1.61. The number of aliphatic imine (C=N–C) groups is 1. The molecule has 0 unspecified atom stereocenters. The highest BCUT2D eigenvalue weighted by Gasteiger charge is 2.02. The van der Waals surface area contributed by atoms with E-state index in [4.69, 9.17) is 0 Å². The second-order valence-electron chi connectivity index (χ2n) is 6.50. The maximum absolute atomic E-state index is 12.9. The SMILES string of the molecule is CC1=CC=NC=CC1.CSc1cccc(NC(=O)C/C=C/c2ccc(F)c(O)c2)c1. The summed E-state index contributed by atoms with van der Waals surface area (Å²) in [4.78, 5) is 16.9. The Morgan fingerprint density at radius 3 is 2.90 bits per heavy atom. The van der Waals surface area contributed by atoms with E-state index in [1.165, 1.54) is 23.8 Å². The van der Waals surface area contributed by atoms with Crippen molar-refractivity contribution in [3.8, 4) is 5.75 Å². The minimum Gasteiger partial charge on any atom is -0.505 e. The van der Waals surface area contributed by atoms with Crippen LogP contribution in [0.4, 0.5) is 10.1 Å². The molecule has 3 rings (SSSR count). The number of aromatic hydroxyl groups is 1. The van der Waals surface area contributed by atoms with Gasteiger partial charge in [0.1, 0.15) is 0 Å². The number of hydrogen-bond donors (Lipinski definition) is 2. The van der Waals surface area contributed by atoms with Crippen molar-refractivity contribution in [1.29, 1.82) is 0 Å². The normalized spacial score (nSPS) is 12.7. The van der Waals surface area contributed by atoms with Crippen molar-refractivity contribution in [2.24, 2.45) is 4.99 Å². The number of benzene rings is 2. The Morgan fingerprint density at radius 2 is 2.13 bits per heavy atom. The van der Waals surface area contributed by atoms with Gasteiger partial charge in [-0.3, -0.25) is 9.79 Å². The Morgan fingerprint density at radius 1 is 1.30 bits per heavy atom. The molecule has 0 bridgehead atoms. The van der Waals surface area contributed by atoms with E-state index in [0.717, 1.165) is 17.0 Å². The third-order valence-corrected chi connectivity index (χ3v) is 4.74. The van der Waals surface area contributed by atoms with E-state index >= 15 is 0 Å². The first kappa shape index (κ1) is 23.2. The minimum absolute atomic E-state index is 0.138. The fourth-order valence-electron chi connectivity index (χ4n) is 2.44. The molecule has 0 aliphatic carbocycles. The molecule has 6 heteroatoms. The summed E-state index contributed by atoms with van der Waals surface area (Å²) in [6.07, 6.45) is 14.3. The standard InChI is InChI=1S/C17H16FNO2S.C7H9N/c1-22-14-6-3-5-13(11-14)19-17(21)7-2-4-12-8-9-15(18)16(20)10-12;1-7-3-2-5-8-6-4-7/h2-6,8-11,20H,7H2,1H3,(H,19,21);2,4-6H,3H2,1H3/b4-2+;. The molecule has 2 N–H and O–H groups in total. The van der Waals surface area contributed by atoms with Gasteiger partial charge in [-0.05, 0) is 61.6 Å². The van der Waals surface area contributed by atoms with Crippen LogP contribution in [0.2, 0.25) is 0 Å². The van der Waals surface area contributed by atoms with E-state index in [1.807, 2.05) is 49.0 Å². The first-order chi connectivity index (χ1) is 14.5. The summed E-state index contributed by atoms with van der Waals surface area (Å²) < 4.78 is 12.9. The van der Waals surface area contributed by atoms with Gasteiger partial charge in [-0.25, -0.2) is 4.39 Å². The number of thioether (sulfide) groups is 1. The number of carbonyl (C=O) groups is 1. The van der Waals surface area contributed by atoms with Crippen molar-refractivity contribution in [3.63, 3.8) is 0 Å². The summed E-state index contributed by atoms with van der Waals surface area (Å²) in [5.74, 6) is -1.20. The molecule has 0 saturated carbocycles. The third-order valence-electron chi connectivity index (χ3n) is 4.01. The summed E-state index contributed by atoms with van der Waals surface area (Å²) in [6, 6.07) is 11.6. The number of carbonyl (C=O) groups excluding carboxylic acids is 1. The molecular weight excluding hydrogens is 399 g/mol. The molecule has 0 spiro atoms. The van der Waals surface area contributed by atoms with Crippen LogP contribution in [-0.4, -0.2) is 23.5 Å². The van der Waals surface area contributed by atoms with Crippen LogP contribution in [0, 0.1) is 5.82 Å². The van der Waals surface area contributed by atoms with Crippen molar-refractivity contribution in [2.45, 2.75) is 24.7 Å². The number of anilines is 1. The predicted octanol–water partition coefficient (Wildman–Crippen LogP) is 6.22. The number of nitrogens with zero attached hydrogens (tertiary/aromatic N) is 1. The molecule has 2 aromatic carbocycles. The predicted molar refractivity (Wildman–Crippen MR) is 125 cm³/mol. The molecule has 0 aromatic heterocycles. The Hall–Kier alpha value is -3.12. The molecule has 2 aromatic rings. The lowest BCUT2D eigenvalue weighted by Gasteiger charge is -2.05. The third kappa shape index (κ3) is 8.49. The Labute approximate surface area is 180 Å². The maximum atomic E-state index is 12.9. The van der Waals surface area contributed by atoms with Gasteiger partial charge in [0.2, 0.25) is 5.91 Å². The number of hydrogen-bond acceptors (Lipinski definition) is 4. The highest BCUT2D eigenvalue weighted by molar-refractivity contribution is 7.98. The molecule has 1 amide bonds. The molecule has 0 radical (unpaired) electrons. The zero-order valence-electron chi connectivity index (χ0n) is 17.0. The van der Waals surface area contributed by atoms with Crippen molar-refractivity contribution in [1.82, 2.24) is 0 Å². The smallest absolute Gasteiger partial charge is 0.228 e. The largest absolute Gasteiger partial charge is 0.505 e. The van der Waals surface area contributed by atoms with Gasteiger partial charge in [0.25, 0.3) is 0 Å². The minimum atomic E-state index is -0.663. The first-order valence-corrected chi connectivity index (χ1v) is 10.6. The van der Waals surface area contributed by atoms with Gasteiger partial charge in [0.15, 0.2) is 11.6 Å². The van der Waals surface area contributed by atoms with Crippen molar-refractivity contribution in [2.75, 3.05) is 11.6 Å². The lowest BCUT2D eigenvalue weighted by atomic mass is 10.2. The van der Waals surface area contributed by atoms with Gasteiger partial charge in [-0.2, -0.15) is 0 Å². The molecule has 0 atom stereocenters. The van der Waals surface area contributed by atoms with Crippen LogP contribution in [-0.2, 0) is 4.79 Å². The quantitative estimate of drug-likeness (QED) is 0.561. The van der Waals surface area contributed by atoms with Gasteiger partial charge in [-0.1, -0.05) is 35.9 Å². The molecule has 1 aliphatic rings. The number of rotatable bonds is 5. The number of amides is 1. The number of allylic oxidation sites excluding steroid dienone is 3. The highest BCUT2D eigenvalue weighted by atomic mass is 32.2. The van der Waals surface area contributed by atoms with Crippen LogP contribution in [0.25, 0.3) is 6.08 Å². The van der Waals surface area contributed by atoms with Gasteiger partial charge >= 0.3 is 0 Å². The van der Waals surface area contributed by atoms with Crippen LogP contribution in [0.5, 0.6) is 5.75 Å². The van der Waals surface area contributed by atoms with Crippen LogP contribution in [0.3, 0.4) is 0 Å². The monoisotopic (exact) mass is 424 g/mol. The fourth-order valence-corrected chi connectivity index (χ4v) is 2.90. The van der Waals surface area contributed by atoms with E-state index in [1.54, 1.807) is 23.9 Å².